The Morgan fingerprint density at radius 2 is 2.00 bits per heavy atom. The summed E-state index contributed by atoms with van der Waals surface area (Å²) < 4.78 is 5.43. The van der Waals surface area contributed by atoms with E-state index < -0.39 is 16.8 Å². The Balaban J connectivity index is 1.81. The van der Waals surface area contributed by atoms with Gasteiger partial charge in [0.1, 0.15) is 5.75 Å². The Morgan fingerprint density at radius 1 is 1.29 bits per heavy atom. The maximum atomic E-state index is 12.9. The molecule has 1 amide bonds. The van der Waals surface area contributed by atoms with Crippen LogP contribution in [0, 0.1) is 10.1 Å². The number of non-ortho nitro benzene ring substituents is 1. The molecule has 1 N–H and O–H groups in total. The Kier molecular flexibility index (Phi) is 7.03. The van der Waals surface area contributed by atoms with Crippen LogP contribution in [0.3, 0.4) is 0 Å². The zero-order valence-electron chi connectivity index (χ0n) is 16.4. The van der Waals surface area contributed by atoms with Crippen LogP contribution in [0.1, 0.15) is 35.7 Å². The average molecular weight is 459 g/mol. The summed E-state index contributed by atoms with van der Waals surface area (Å²) in [7, 11) is 0. The molecular formula is C21H18N2O6S2. The van der Waals surface area contributed by atoms with Crippen molar-refractivity contribution < 1.29 is 24.4 Å². The van der Waals surface area contributed by atoms with Crippen LogP contribution in [0.2, 0.25) is 0 Å². The van der Waals surface area contributed by atoms with Crippen molar-refractivity contribution in [3.8, 4) is 5.75 Å². The molecule has 0 aliphatic carbocycles. The smallest absolute Gasteiger partial charge is 0.338 e. The zero-order chi connectivity index (χ0) is 22.5. The highest BCUT2D eigenvalue weighted by atomic mass is 32.2. The highest BCUT2D eigenvalue weighted by Gasteiger charge is 2.33. The molecular weight excluding hydrogens is 440 g/mol. The van der Waals surface area contributed by atoms with Crippen LogP contribution in [0.5, 0.6) is 5.75 Å². The third-order valence-corrected chi connectivity index (χ3v) is 5.70. The van der Waals surface area contributed by atoms with Gasteiger partial charge in [0.15, 0.2) is 4.32 Å². The number of esters is 1. The number of thiocarbonyl (C=S) groups is 1. The number of anilines is 1. The number of carbonyl (C=O) groups is 2. The molecule has 1 heterocycles. The van der Waals surface area contributed by atoms with E-state index in [1.807, 2.05) is 6.92 Å². The molecule has 0 saturated carbocycles. The summed E-state index contributed by atoms with van der Waals surface area (Å²) in [5.74, 6) is -1.06. The van der Waals surface area contributed by atoms with Gasteiger partial charge in [-0.1, -0.05) is 37.3 Å². The number of thioether (sulfide) groups is 1. The fourth-order valence-corrected chi connectivity index (χ4v) is 4.03. The maximum absolute atomic E-state index is 12.9. The number of carbonyl (C=O) groups excluding carboxylic acids is 2. The maximum Gasteiger partial charge on any atom is 0.338 e. The molecule has 0 radical (unpaired) electrons. The Hall–Kier alpha value is -3.24. The standard InChI is InChI=1S/C21H18N2O6S2/c1-2-3-10-29-20(26)13-4-6-15(7-5-13)22-19(25)18(31-21(22)30)12-14-11-16(23(27)28)8-9-17(14)24/h4-9,11-12,24H,2-3,10H2,1H3/b18-12-. The van der Waals surface area contributed by atoms with Gasteiger partial charge in [0, 0.05) is 17.7 Å². The van der Waals surface area contributed by atoms with Crippen LogP contribution in [0.15, 0.2) is 47.4 Å². The van der Waals surface area contributed by atoms with E-state index in [1.54, 1.807) is 24.3 Å². The molecule has 0 spiro atoms. The first-order valence-corrected chi connectivity index (χ1v) is 10.6. The lowest BCUT2D eigenvalue weighted by atomic mass is 10.1. The lowest BCUT2D eigenvalue weighted by Gasteiger charge is -2.14. The molecule has 1 fully saturated rings. The summed E-state index contributed by atoms with van der Waals surface area (Å²) in [5, 5.41) is 21.0. The molecule has 0 atom stereocenters. The van der Waals surface area contributed by atoms with Gasteiger partial charge in [0.05, 0.1) is 27.7 Å². The van der Waals surface area contributed by atoms with Crippen LogP contribution in [-0.2, 0) is 9.53 Å². The van der Waals surface area contributed by atoms with Gasteiger partial charge < -0.3 is 9.84 Å². The molecule has 0 aromatic heterocycles. The van der Waals surface area contributed by atoms with Gasteiger partial charge in [-0.2, -0.15) is 0 Å². The second-order valence-electron chi connectivity index (χ2n) is 6.55. The molecule has 0 unspecified atom stereocenters. The average Bonchev–Trinajstić information content (AvgIpc) is 3.02. The van der Waals surface area contributed by atoms with E-state index in [1.165, 1.54) is 29.2 Å². The zero-order valence-corrected chi connectivity index (χ0v) is 18.1. The number of rotatable bonds is 7. The number of nitro benzene ring substituents is 1. The summed E-state index contributed by atoms with van der Waals surface area (Å²) in [4.78, 5) is 36.8. The van der Waals surface area contributed by atoms with E-state index >= 15 is 0 Å². The van der Waals surface area contributed by atoms with Crippen molar-refractivity contribution >= 4 is 57.6 Å². The summed E-state index contributed by atoms with van der Waals surface area (Å²) in [6, 6.07) is 9.84. The summed E-state index contributed by atoms with van der Waals surface area (Å²) in [5.41, 5.74) is 0.766. The molecule has 0 bridgehead atoms. The number of benzene rings is 2. The molecule has 8 nitrogen and oxygen atoms in total. The van der Waals surface area contributed by atoms with Crippen LogP contribution < -0.4 is 4.90 Å². The van der Waals surface area contributed by atoms with Crippen molar-refractivity contribution in [2.45, 2.75) is 19.8 Å². The second-order valence-corrected chi connectivity index (χ2v) is 8.23. The van der Waals surface area contributed by atoms with E-state index in [0.717, 1.165) is 24.6 Å². The second kappa shape index (κ2) is 9.71. The van der Waals surface area contributed by atoms with Crippen molar-refractivity contribution in [3.63, 3.8) is 0 Å². The normalized spacial score (nSPS) is 14.9. The number of nitro groups is 1. The van der Waals surface area contributed by atoms with E-state index in [-0.39, 0.29) is 26.2 Å². The Labute approximate surface area is 187 Å². The molecule has 2 aromatic carbocycles. The first kappa shape index (κ1) is 22.4. The molecule has 1 aliphatic heterocycles. The number of phenols is 1. The van der Waals surface area contributed by atoms with Crippen LogP contribution >= 0.6 is 24.0 Å². The minimum atomic E-state index is -0.586. The first-order valence-electron chi connectivity index (χ1n) is 9.34. The third-order valence-electron chi connectivity index (χ3n) is 4.39. The minimum Gasteiger partial charge on any atom is -0.507 e. The van der Waals surface area contributed by atoms with Gasteiger partial charge in [-0.15, -0.1) is 0 Å². The van der Waals surface area contributed by atoms with E-state index in [4.69, 9.17) is 17.0 Å². The number of unbranched alkanes of at least 4 members (excludes halogenated alkanes) is 1. The number of phenolic OH excluding ortho intramolecular Hbond substituents is 1. The van der Waals surface area contributed by atoms with Crippen molar-refractivity contribution in [2.24, 2.45) is 0 Å². The lowest BCUT2D eigenvalue weighted by Crippen LogP contribution is -2.27. The largest absolute Gasteiger partial charge is 0.507 e. The third kappa shape index (κ3) is 5.09. The van der Waals surface area contributed by atoms with Crippen LogP contribution in [-0.4, -0.2) is 32.8 Å². The number of hydrogen-bond donors (Lipinski definition) is 1. The van der Waals surface area contributed by atoms with Crippen LogP contribution in [0.25, 0.3) is 6.08 Å². The lowest BCUT2D eigenvalue weighted by molar-refractivity contribution is -0.384. The number of nitrogens with zero attached hydrogens (tertiary/aromatic N) is 2. The highest BCUT2D eigenvalue weighted by Crippen LogP contribution is 2.37. The topological polar surface area (TPSA) is 110 Å². The van der Waals surface area contributed by atoms with Gasteiger partial charge in [-0.25, -0.2) is 4.79 Å². The Bertz CT molecular complexity index is 1080. The van der Waals surface area contributed by atoms with E-state index in [2.05, 4.69) is 0 Å². The van der Waals surface area contributed by atoms with E-state index in [9.17, 15) is 24.8 Å². The predicted octanol–water partition coefficient (Wildman–Crippen LogP) is 4.66. The van der Waals surface area contributed by atoms with Crippen molar-refractivity contribution in [3.05, 3.63) is 68.6 Å². The predicted molar refractivity (Wildman–Crippen MR) is 122 cm³/mol. The summed E-state index contributed by atoms with van der Waals surface area (Å²) >= 11 is 6.33. The Morgan fingerprint density at radius 3 is 2.65 bits per heavy atom. The van der Waals surface area contributed by atoms with Gasteiger partial charge in [-0.05, 0) is 42.8 Å². The molecule has 1 aliphatic rings. The van der Waals surface area contributed by atoms with Crippen molar-refractivity contribution in [1.29, 1.82) is 0 Å². The molecule has 1 saturated heterocycles. The van der Waals surface area contributed by atoms with Crippen LogP contribution in [0.4, 0.5) is 11.4 Å². The highest BCUT2D eigenvalue weighted by molar-refractivity contribution is 8.27. The molecule has 10 heteroatoms. The fraction of sp³-hybridized carbons (Fsp3) is 0.190. The molecule has 2 aromatic rings. The monoisotopic (exact) mass is 458 g/mol. The number of aromatic hydroxyl groups is 1. The first-order chi connectivity index (χ1) is 14.8. The fourth-order valence-electron chi connectivity index (χ4n) is 2.74. The quantitative estimate of drug-likeness (QED) is 0.159. The van der Waals surface area contributed by atoms with Gasteiger partial charge in [0.25, 0.3) is 11.6 Å². The van der Waals surface area contributed by atoms with Gasteiger partial charge in [0.2, 0.25) is 0 Å². The molecule has 3 rings (SSSR count). The summed E-state index contributed by atoms with van der Waals surface area (Å²) in [6.07, 6.45) is 3.07. The van der Waals surface area contributed by atoms with Crippen molar-refractivity contribution in [2.75, 3.05) is 11.5 Å². The van der Waals surface area contributed by atoms with Gasteiger partial charge in [-0.3, -0.25) is 19.8 Å². The van der Waals surface area contributed by atoms with E-state index in [0.29, 0.717) is 17.9 Å². The number of ether oxygens (including phenoxy) is 1. The SMILES string of the molecule is CCCCOC(=O)c1ccc(N2C(=O)/C(=C/c3cc([N+](=O)[O-])ccc3O)SC2=S)cc1. The van der Waals surface area contributed by atoms with Gasteiger partial charge >= 0.3 is 5.97 Å². The summed E-state index contributed by atoms with van der Waals surface area (Å²) in [6.45, 7) is 2.35. The van der Waals surface area contributed by atoms with Crippen molar-refractivity contribution in [1.82, 2.24) is 0 Å². The number of hydrogen-bond acceptors (Lipinski definition) is 8. The molecule has 160 valence electrons. The molecule has 31 heavy (non-hydrogen) atoms. The minimum absolute atomic E-state index is 0.139. The number of amides is 1.